The zero-order valence-electron chi connectivity index (χ0n) is 10.1. The van der Waals surface area contributed by atoms with Crippen LogP contribution in [0.1, 0.15) is 38.3 Å². The smallest absolute Gasteiger partial charge is 0.137 e. The van der Waals surface area contributed by atoms with Crippen molar-refractivity contribution in [2.75, 3.05) is 7.11 Å². The van der Waals surface area contributed by atoms with Crippen LogP contribution in [0.5, 0.6) is 5.75 Å². The SMILES string of the molecule is CCC[C@H](C)c1cc2ccc(OC)cn2n1. The predicted octanol–water partition coefficient (Wildman–Crippen LogP) is 3.25. The van der Waals surface area contributed by atoms with Crippen molar-refractivity contribution in [3.8, 4) is 5.75 Å². The highest BCUT2D eigenvalue weighted by Gasteiger charge is 2.09. The number of ether oxygens (including phenoxy) is 1. The van der Waals surface area contributed by atoms with Crippen LogP contribution in [0, 0.1) is 0 Å². The fourth-order valence-corrected chi connectivity index (χ4v) is 1.93. The van der Waals surface area contributed by atoms with Crippen LogP contribution in [0.25, 0.3) is 5.52 Å². The number of hydrogen-bond donors (Lipinski definition) is 0. The van der Waals surface area contributed by atoms with Gasteiger partial charge in [-0.25, -0.2) is 4.52 Å². The molecule has 0 N–H and O–H groups in total. The lowest BCUT2D eigenvalue weighted by atomic mass is 10.0. The van der Waals surface area contributed by atoms with Gasteiger partial charge in [-0.1, -0.05) is 20.3 Å². The van der Waals surface area contributed by atoms with Gasteiger partial charge in [-0.05, 0) is 24.6 Å². The normalized spacial score (nSPS) is 12.9. The first kappa shape index (κ1) is 11.0. The molecule has 0 fully saturated rings. The largest absolute Gasteiger partial charge is 0.495 e. The van der Waals surface area contributed by atoms with Crippen molar-refractivity contribution in [3.63, 3.8) is 0 Å². The monoisotopic (exact) mass is 218 g/mol. The molecule has 16 heavy (non-hydrogen) atoms. The van der Waals surface area contributed by atoms with Gasteiger partial charge in [-0.3, -0.25) is 0 Å². The van der Waals surface area contributed by atoms with E-state index < -0.39 is 0 Å². The summed E-state index contributed by atoms with van der Waals surface area (Å²) in [7, 11) is 1.67. The van der Waals surface area contributed by atoms with Crippen LogP contribution in [-0.4, -0.2) is 16.7 Å². The topological polar surface area (TPSA) is 26.5 Å². The summed E-state index contributed by atoms with van der Waals surface area (Å²) in [6.07, 6.45) is 4.29. The van der Waals surface area contributed by atoms with E-state index in [1.54, 1.807) is 7.11 Å². The van der Waals surface area contributed by atoms with E-state index in [-0.39, 0.29) is 0 Å². The van der Waals surface area contributed by atoms with Gasteiger partial charge in [0.25, 0.3) is 0 Å². The molecule has 0 saturated heterocycles. The third-order valence-corrected chi connectivity index (χ3v) is 2.91. The highest BCUT2D eigenvalue weighted by Crippen LogP contribution is 2.22. The average Bonchev–Trinajstić information content (AvgIpc) is 2.71. The maximum atomic E-state index is 5.18. The van der Waals surface area contributed by atoms with E-state index in [9.17, 15) is 0 Å². The Morgan fingerprint density at radius 1 is 1.44 bits per heavy atom. The molecule has 0 spiro atoms. The summed E-state index contributed by atoms with van der Waals surface area (Å²) in [6.45, 7) is 4.43. The molecule has 3 heteroatoms. The van der Waals surface area contributed by atoms with Crippen molar-refractivity contribution in [1.29, 1.82) is 0 Å². The van der Waals surface area contributed by atoms with Crippen molar-refractivity contribution < 1.29 is 4.74 Å². The molecule has 2 aromatic heterocycles. The molecule has 1 atom stereocenters. The zero-order valence-corrected chi connectivity index (χ0v) is 10.1. The van der Waals surface area contributed by atoms with E-state index >= 15 is 0 Å². The summed E-state index contributed by atoms with van der Waals surface area (Å²) in [5.74, 6) is 1.36. The molecule has 0 aliphatic rings. The maximum Gasteiger partial charge on any atom is 0.137 e. The fraction of sp³-hybridized carbons (Fsp3) is 0.462. The van der Waals surface area contributed by atoms with Crippen LogP contribution in [0.3, 0.4) is 0 Å². The minimum absolute atomic E-state index is 0.524. The second-order valence-electron chi connectivity index (χ2n) is 4.20. The first-order valence-electron chi connectivity index (χ1n) is 5.78. The van der Waals surface area contributed by atoms with Crippen LogP contribution in [0.2, 0.25) is 0 Å². The van der Waals surface area contributed by atoms with Gasteiger partial charge < -0.3 is 4.74 Å². The molecule has 0 aromatic carbocycles. The van der Waals surface area contributed by atoms with Crippen molar-refractivity contribution in [3.05, 3.63) is 30.1 Å². The standard InChI is InChI=1S/C13H18N2O/c1-4-5-10(2)13-8-11-6-7-12(16-3)9-15(11)14-13/h6-10H,4-5H2,1-3H3/t10-/m0/s1. The molecular weight excluding hydrogens is 200 g/mol. The Labute approximate surface area is 96.0 Å². The van der Waals surface area contributed by atoms with Gasteiger partial charge >= 0.3 is 0 Å². The molecule has 2 heterocycles. The number of hydrogen-bond acceptors (Lipinski definition) is 2. The van der Waals surface area contributed by atoms with Gasteiger partial charge in [0.1, 0.15) is 5.75 Å². The van der Waals surface area contributed by atoms with Crippen molar-refractivity contribution in [2.24, 2.45) is 0 Å². The Morgan fingerprint density at radius 2 is 2.25 bits per heavy atom. The Kier molecular flexibility index (Phi) is 3.13. The number of methoxy groups -OCH3 is 1. The van der Waals surface area contributed by atoms with Gasteiger partial charge in [-0.15, -0.1) is 0 Å². The molecule has 2 aromatic rings. The molecule has 0 radical (unpaired) electrons. The number of nitrogens with zero attached hydrogens (tertiary/aromatic N) is 2. The van der Waals surface area contributed by atoms with Gasteiger partial charge in [0, 0.05) is 5.92 Å². The van der Waals surface area contributed by atoms with Gasteiger partial charge in [0.05, 0.1) is 24.5 Å². The Bertz CT molecular complexity index is 476. The number of rotatable bonds is 4. The summed E-state index contributed by atoms with van der Waals surface area (Å²) < 4.78 is 7.07. The van der Waals surface area contributed by atoms with Crippen LogP contribution in [0.15, 0.2) is 24.4 Å². The maximum absolute atomic E-state index is 5.18. The second kappa shape index (κ2) is 4.56. The quantitative estimate of drug-likeness (QED) is 0.787. The van der Waals surface area contributed by atoms with E-state index in [1.807, 2.05) is 22.8 Å². The number of aromatic nitrogens is 2. The number of fused-ring (bicyclic) bond motifs is 1. The van der Waals surface area contributed by atoms with Crippen LogP contribution >= 0.6 is 0 Å². The molecule has 2 rings (SSSR count). The summed E-state index contributed by atoms with van der Waals surface area (Å²) >= 11 is 0. The molecule has 0 amide bonds. The van der Waals surface area contributed by atoms with E-state index in [1.165, 1.54) is 12.8 Å². The van der Waals surface area contributed by atoms with E-state index in [0.717, 1.165) is 17.0 Å². The fourth-order valence-electron chi connectivity index (χ4n) is 1.93. The predicted molar refractivity (Wildman–Crippen MR) is 65.1 cm³/mol. The highest BCUT2D eigenvalue weighted by atomic mass is 16.5. The summed E-state index contributed by atoms with van der Waals surface area (Å²) in [4.78, 5) is 0. The third-order valence-electron chi connectivity index (χ3n) is 2.91. The first-order valence-corrected chi connectivity index (χ1v) is 5.78. The van der Waals surface area contributed by atoms with Crippen molar-refractivity contribution in [2.45, 2.75) is 32.6 Å². The lowest BCUT2D eigenvalue weighted by molar-refractivity contribution is 0.411. The highest BCUT2D eigenvalue weighted by molar-refractivity contribution is 5.49. The lowest BCUT2D eigenvalue weighted by Crippen LogP contribution is -1.95. The third kappa shape index (κ3) is 2.03. The minimum atomic E-state index is 0.524. The second-order valence-corrected chi connectivity index (χ2v) is 4.20. The van der Waals surface area contributed by atoms with Crippen molar-refractivity contribution >= 4 is 5.52 Å². The van der Waals surface area contributed by atoms with Crippen molar-refractivity contribution in [1.82, 2.24) is 9.61 Å². The molecule has 86 valence electrons. The Hall–Kier alpha value is -1.51. The Morgan fingerprint density at radius 3 is 2.94 bits per heavy atom. The van der Waals surface area contributed by atoms with E-state index in [4.69, 9.17) is 4.74 Å². The Balaban J connectivity index is 2.35. The molecular formula is C13H18N2O. The lowest BCUT2D eigenvalue weighted by Gasteiger charge is -2.04. The summed E-state index contributed by atoms with van der Waals surface area (Å²) in [6, 6.07) is 6.15. The molecule has 0 saturated carbocycles. The van der Waals surface area contributed by atoms with E-state index in [0.29, 0.717) is 5.92 Å². The first-order chi connectivity index (χ1) is 7.74. The molecule has 0 unspecified atom stereocenters. The average molecular weight is 218 g/mol. The summed E-state index contributed by atoms with van der Waals surface area (Å²) in [5.41, 5.74) is 2.29. The van der Waals surface area contributed by atoms with Gasteiger partial charge in [0.2, 0.25) is 0 Å². The molecule has 3 nitrogen and oxygen atoms in total. The van der Waals surface area contributed by atoms with Gasteiger partial charge in [0.15, 0.2) is 0 Å². The molecule has 0 aliphatic heterocycles. The molecule has 0 aliphatic carbocycles. The summed E-state index contributed by atoms with van der Waals surface area (Å²) in [5, 5.41) is 4.58. The zero-order chi connectivity index (χ0) is 11.5. The van der Waals surface area contributed by atoms with E-state index in [2.05, 4.69) is 25.0 Å². The molecule has 0 bridgehead atoms. The van der Waals surface area contributed by atoms with Gasteiger partial charge in [-0.2, -0.15) is 5.10 Å². The number of pyridine rings is 1. The van der Waals surface area contributed by atoms with Crippen LogP contribution in [0.4, 0.5) is 0 Å². The van der Waals surface area contributed by atoms with Crippen LogP contribution in [-0.2, 0) is 0 Å². The van der Waals surface area contributed by atoms with Crippen LogP contribution < -0.4 is 4.74 Å². The minimum Gasteiger partial charge on any atom is -0.495 e.